The van der Waals surface area contributed by atoms with Gasteiger partial charge in [-0.15, -0.1) is 0 Å². The van der Waals surface area contributed by atoms with Crippen molar-refractivity contribution in [3.8, 4) is 22.5 Å². The summed E-state index contributed by atoms with van der Waals surface area (Å²) in [6.45, 7) is 0. The van der Waals surface area contributed by atoms with E-state index in [-0.39, 0.29) is 29.5 Å². The predicted octanol–water partition coefficient (Wildman–Crippen LogP) is 5.21. The van der Waals surface area contributed by atoms with Crippen LogP contribution >= 0.6 is 0 Å². The summed E-state index contributed by atoms with van der Waals surface area (Å²) >= 11 is 0. The lowest BCUT2D eigenvalue weighted by atomic mass is 9.85. The van der Waals surface area contributed by atoms with Gasteiger partial charge in [0.25, 0.3) is 0 Å². The lowest BCUT2D eigenvalue weighted by Crippen LogP contribution is -2.28. The molecule has 8 rings (SSSR count). The number of nitrogens with zero attached hydrogens (tertiary/aromatic N) is 4. The summed E-state index contributed by atoms with van der Waals surface area (Å²) in [7, 11) is 0. The van der Waals surface area contributed by atoms with Gasteiger partial charge >= 0.3 is 0 Å². The highest BCUT2D eigenvalue weighted by molar-refractivity contribution is 5.97. The van der Waals surface area contributed by atoms with Crippen molar-refractivity contribution < 1.29 is 13.6 Å². The van der Waals surface area contributed by atoms with Crippen LogP contribution in [0.3, 0.4) is 0 Å². The third-order valence-electron chi connectivity index (χ3n) is 7.83. The van der Waals surface area contributed by atoms with Gasteiger partial charge in [-0.25, -0.2) is 13.8 Å². The molecule has 5 aromatic rings. The van der Waals surface area contributed by atoms with Crippen LogP contribution in [0.1, 0.15) is 30.7 Å². The Hall–Kier alpha value is -5.19. The first-order valence-electron chi connectivity index (χ1n) is 13.4. The summed E-state index contributed by atoms with van der Waals surface area (Å²) in [6.07, 6.45) is 8.93. The first-order valence-corrected chi connectivity index (χ1v) is 13.4. The number of fused-ring (bicyclic) bond motifs is 3. The summed E-state index contributed by atoms with van der Waals surface area (Å²) in [5, 5.41) is 9.40. The molecular formula is C30H22F2N8O. The van der Waals surface area contributed by atoms with E-state index in [1.165, 1.54) is 18.3 Å². The van der Waals surface area contributed by atoms with E-state index in [0.29, 0.717) is 56.2 Å². The molecule has 2 aliphatic heterocycles. The summed E-state index contributed by atoms with van der Waals surface area (Å²) < 4.78 is 30.4. The maximum absolute atomic E-state index is 16.4. The van der Waals surface area contributed by atoms with Crippen LogP contribution in [0.15, 0.2) is 66.9 Å². The van der Waals surface area contributed by atoms with E-state index in [1.807, 2.05) is 0 Å². The van der Waals surface area contributed by atoms with Crippen LogP contribution < -0.4 is 16.0 Å². The van der Waals surface area contributed by atoms with Gasteiger partial charge in [0.1, 0.15) is 29.0 Å². The summed E-state index contributed by atoms with van der Waals surface area (Å²) in [6, 6.07) is 9.64. The standard InChI is InChI=1S/C30H22F2N8O/c31-17-6-2-5-15(9-17)25-26-19(7-8-34-25)37-28(39-26)22-21-20(38-29-27(22)40-29)13-35-24(23(21)32)16-10-18(12-33-11-16)36-30(41)14-3-1-4-14/h2,5-14,29,38,40H,1,3-4H2,(H,36,41)(H,37,39). The lowest BCUT2D eigenvalue weighted by Gasteiger charge is -2.24. The first-order chi connectivity index (χ1) is 20.0. The van der Waals surface area contributed by atoms with E-state index < -0.39 is 5.82 Å². The number of rotatable bonds is 5. The van der Waals surface area contributed by atoms with Crippen molar-refractivity contribution in [3.63, 3.8) is 0 Å². The number of hydrogen-bond acceptors (Lipinski definition) is 7. The second-order valence-corrected chi connectivity index (χ2v) is 10.5. The molecule has 11 heteroatoms. The Bertz CT molecular complexity index is 1930. The number of benzene rings is 1. The molecule has 1 amide bonds. The second-order valence-electron chi connectivity index (χ2n) is 10.5. The molecular weight excluding hydrogens is 526 g/mol. The number of amides is 1. The average Bonchev–Trinajstić information content (AvgIpc) is 3.58. The number of pyridine rings is 3. The average molecular weight is 549 g/mol. The fourth-order valence-electron chi connectivity index (χ4n) is 5.47. The summed E-state index contributed by atoms with van der Waals surface area (Å²) in [5.41, 5.74) is 5.60. The van der Waals surface area contributed by atoms with Crippen LogP contribution in [-0.2, 0) is 4.79 Å². The zero-order valence-corrected chi connectivity index (χ0v) is 21.5. The van der Waals surface area contributed by atoms with Crippen LogP contribution in [0.25, 0.3) is 39.1 Å². The molecule has 1 saturated heterocycles. The van der Waals surface area contributed by atoms with Gasteiger partial charge in [0.05, 0.1) is 51.8 Å². The topological polar surface area (TPSA) is 130 Å². The zero-order valence-electron chi connectivity index (χ0n) is 21.5. The minimum absolute atomic E-state index is 0.0111. The third kappa shape index (κ3) is 3.92. The maximum Gasteiger partial charge on any atom is 0.227 e. The molecule has 1 aliphatic carbocycles. The Morgan fingerprint density at radius 2 is 1.88 bits per heavy atom. The number of nitrogens with one attached hydrogen (secondary N) is 4. The number of anilines is 2. The molecule has 1 atom stereocenters. The van der Waals surface area contributed by atoms with Gasteiger partial charge in [-0.05, 0) is 37.1 Å². The van der Waals surface area contributed by atoms with Crippen LogP contribution in [-0.4, -0.2) is 37.0 Å². The van der Waals surface area contributed by atoms with Gasteiger partial charge in [-0.2, -0.15) is 0 Å². The van der Waals surface area contributed by atoms with Gasteiger partial charge in [0.15, 0.2) is 5.82 Å². The number of aromatic amines is 1. The number of carbonyl (C=O) groups excluding carboxylic acids is 1. The largest absolute Gasteiger partial charge is 0.360 e. The number of imidazole rings is 1. The molecule has 1 unspecified atom stereocenters. The van der Waals surface area contributed by atoms with Crippen LogP contribution in [0, 0.1) is 17.6 Å². The van der Waals surface area contributed by atoms with Crippen LogP contribution in [0.4, 0.5) is 20.2 Å². The third-order valence-corrected chi connectivity index (χ3v) is 7.83. The van der Waals surface area contributed by atoms with Gasteiger partial charge in [-0.1, -0.05) is 18.6 Å². The normalized spacial score (nSPS) is 17.3. The molecule has 4 N–H and O–H groups in total. The molecule has 3 aliphatic rings. The minimum atomic E-state index is -0.544. The van der Waals surface area contributed by atoms with E-state index in [1.54, 1.807) is 42.9 Å². The van der Waals surface area contributed by atoms with Gasteiger partial charge in [0, 0.05) is 29.4 Å². The van der Waals surface area contributed by atoms with Crippen molar-refractivity contribution in [1.82, 2.24) is 30.2 Å². The van der Waals surface area contributed by atoms with Crippen molar-refractivity contribution in [2.45, 2.75) is 25.4 Å². The smallest absolute Gasteiger partial charge is 0.227 e. The summed E-state index contributed by atoms with van der Waals surface area (Å²) in [5.74, 6) is -0.500. The van der Waals surface area contributed by atoms with E-state index >= 15 is 4.39 Å². The molecule has 0 radical (unpaired) electrons. The molecule has 1 aromatic carbocycles. The van der Waals surface area contributed by atoms with Gasteiger partial charge < -0.3 is 20.9 Å². The van der Waals surface area contributed by atoms with E-state index in [2.05, 4.69) is 35.9 Å². The Morgan fingerprint density at radius 3 is 2.71 bits per heavy atom. The number of halogens is 2. The van der Waals surface area contributed by atoms with Crippen molar-refractivity contribution in [2.24, 2.45) is 5.92 Å². The Morgan fingerprint density at radius 1 is 0.976 bits per heavy atom. The number of carbonyl (C=O) groups is 1. The zero-order chi connectivity index (χ0) is 27.7. The molecule has 6 heterocycles. The lowest BCUT2D eigenvalue weighted by molar-refractivity contribution is -0.122. The number of H-pyrrole nitrogens is 1. The highest BCUT2D eigenvalue weighted by Gasteiger charge is 2.41. The van der Waals surface area contributed by atoms with Gasteiger partial charge in [-0.3, -0.25) is 19.7 Å². The molecule has 202 valence electrons. The van der Waals surface area contributed by atoms with Crippen LogP contribution in [0.2, 0.25) is 0 Å². The van der Waals surface area contributed by atoms with E-state index in [4.69, 9.17) is 4.98 Å². The SMILES string of the molecule is O=C(Nc1cncc(-c2ncc3c(c2F)C(c2nc4c(-c5cccc(F)c5)nccc4[nH]2)=C2NC2N3)c1)C1CCC1. The quantitative estimate of drug-likeness (QED) is 0.222. The van der Waals surface area contributed by atoms with Crippen molar-refractivity contribution in [3.05, 3.63) is 89.9 Å². The predicted molar refractivity (Wildman–Crippen MR) is 149 cm³/mol. The van der Waals surface area contributed by atoms with E-state index in [0.717, 1.165) is 25.0 Å². The molecule has 0 bridgehead atoms. The monoisotopic (exact) mass is 548 g/mol. The fraction of sp³-hybridized carbons (Fsp3) is 0.167. The first kappa shape index (κ1) is 23.7. The molecule has 0 spiro atoms. The highest BCUT2D eigenvalue weighted by atomic mass is 19.1. The number of aromatic nitrogens is 5. The second kappa shape index (κ2) is 8.91. The molecule has 41 heavy (non-hydrogen) atoms. The Balaban J connectivity index is 1.21. The number of hydrogen-bond donors (Lipinski definition) is 4. The van der Waals surface area contributed by atoms with Crippen LogP contribution in [0.5, 0.6) is 0 Å². The molecule has 4 aromatic heterocycles. The van der Waals surface area contributed by atoms with E-state index in [9.17, 15) is 9.18 Å². The minimum Gasteiger partial charge on any atom is -0.360 e. The highest BCUT2D eigenvalue weighted by Crippen LogP contribution is 2.44. The van der Waals surface area contributed by atoms with Gasteiger partial charge in [0.2, 0.25) is 5.91 Å². The van der Waals surface area contributed by atoms with Crippen molar-refractivity contribution >= 4 is 33.9 Å². The molecule has 9 nitrogen and oxygen atoms in total. The Kier molecular flexibility index (Phi) is 5.15. The Labute approximate surface area is 232 Å². The fourth-order valence-corrected chi connectivity index (χ4v) is 5.47. The molecule has 1 saturated carbocycles. The van der Waals surface area contributed by atoms with Crippen molar-refractivity contribution in [1.29, 1.82) is 0 Å². The van der Waals surface area contributed by atoms with Crippen molar-refractivity contribution in [2.75, 3.05) is 10.6 Å². The maximum atomic E-state index is 16.4. The summed E-state index contributed by atoms with van der Waals surface area (Å²) in [4.78, 5) is 33.7. The molecule has 2 fully saturated rings.